The van der Waals surface area contributed by atoms with Crippen LogP contribution in [-0.2, 0) is 0 Å². The fraction of sp³-hybridized carbons (Fsp3) is 0.0909. The van der Waals surface area contributed by atoms with Gasteiger partial charge in [-0.3, -0.25) is 0 Å². The summed E-state index contributed by atoms with van der Waals surface area (Å²) in [4.78, 5) is 14.9. The topological polar surface area (TPSA) is 80.7 Å². The monoisotopic (exact) mass is 264 g/mol. The second kappa shape index (κ2) is 4.19. The Labute approximate surface area is 106 Å². The third kappa shape index (κ3) is 1.95. The van der Waals surface area contributed by atoms with E-state index in [2.05, 4.69) is 10.3 Å². The van der Waals surface area contributed by atoms with Crippen molar-refractivity contribution in [2.45, 2.75) is 0 Å². The number of hydrogen-bond donors (Lipinski definition) is 2. The van der Waals surface area contributed by atoms with Crippen LogP contribution >= 0.6 is 11.3 Å². The number of hydrogen-bond acceptors (Lipinski definition) is 6. The van der Waals surface area contributed by atoms with Gasteiger partial charge in [-0.15, -0.1) is 0 Å². The van der Waals surface area contributed by atoms with Crippen molar-refractivity contribution < 1.29 is 19.4 Å². The van der Waals surface area contributed by atoms with Gasteiger partial charge in [0, 0.05) is 11.8 Å². The molecule has 2 heterocycles. The maximum atomic E-state index is 10.7. The SMILES string of the molecule is O=C(O)c1cnc(Nc2ccc3c(c2)OCO3)s1. The van der Waals surface area contributed by atoms with E-state index in [0.717, 1.165) is 17.0 Å². The molecule has 1 aliphatic heterocycles. The number of thiazole rings is 1. The maximum absolute atomic E-state index is 10.7. The van der Waals surface area contributed by atoms with Crippen LogP contribution in [0.2, 0.25) is 0 Å². The molecule has 0 saturated heterocycles. The summed E-state index contributed by atoms with van der Waals surface area (Å²) in [5, 5.41) is 12.3. The highest BCUT2D eigenvalue weighted by Crippen LogP contribution is 2.35. The predicted molar refractivity (Wildman–Crippen MR) is 64.9 cm³/mol. The van der Waals surface area contributed by atoms with Gasteiger partial charge in [0.15, 0.2) is 16.6 Å². The van der Waals surface area contributed by atoms with Gasteiger partial charge < -0.3 is 19.9 Å². The summed E-state index contributed by atoms with van der Waals surface area (Å²) in [6.07, 6.45) is 1.32. The minimum absolute atomic E-state index is 0.193. The van der Waals surface area contributed by atoms with Crippen molar-refractivity contribution in [1.29, 1.82) is 0 Å². The van der Waals surface area contributed by atoms with E-state index in [1.165, 1.54) is 6.20 Å². The van der Waals surface area contributed by atoms with Gasteiger partial charge in [0.25, 0.3) is 0 Å². The van der Waals surface area contributed by atoms with E-state index in [9.17, 15) is 4.79 Å². The van der Waals surface area contributed by atoms with E-state index in [-0.39, 0.29) is 11.7 Å². The van der Waals surface area contributed by atoms with Crippen LogP contribution in [0.25, 0.3) is 0 Å². The van der Waals surface area contributed by atoms with Gasteiger partial charge in [-0.05, 0) is 12.1 Å². The van der Waals surface area contributed by atoms with Gasteiger partial charge in [-0.25, -0.2) is 9.78 Å². The molecular formula is C11H8N2O4S. The molecule has 3 rings (SSSR count). The fourth-order valence-corrected chi connectivity index (χ4v) is 2.20. The second-order valence-corrected chi connectivity index (χ2v) is 4.56. The Bertz CT molecular complexity index is 611. The molecule has 0 atom stereocenters. The van der Waals surface area contributed by atoms with Crippen LogP contribution in [0.1, 0.15) is 9.67 Å². The van der Waals surface area contributed by atoms with Crippen LogP contribution in [-0.4, -0.2) is 22.9 Å². The molecule has 1 aromatic heterocycles. The summed E-state index contributed by atoms with van der Waals surface area (Å²) in [6, 6.07) is 5.38. The van der Waals surface area contributed by atoms with Crippen molar-refractivity contribution in [3.8, 4) is 11.5 Å². The maximum Gasteiger partial charge on any atom is 0.347 e. The quantitative estimate of drug-likeness (QED) is 0.885. The molecule has 0 amide bonds. The molecule has 0 unspecified atom stereocenters. The van der Waals surface area contributed by atoms with Crippen molar-refractivity contribution in [2.75, 3.05) is 12.1 Å². The lowest BCUT2D eigenvalue weighted by molar-refractivity contribution is 0.0702. The van der Waals surface area contributed by atoms with Crippen LogP contribution in [0.15, 0.2) is 24.4 Å². The zero-order valence-electron chi connectivity index (χ0n) is 9.04. The van der Waals surface area contributed by atoms with Gasteiger partial charge in [0.05, 0.1) is 6.20 Å². The van der Waals surface area contributed by atoms with E-state index < -0.39 is 5.97 Å². The lowest BCUT2D eigenvalue weighted by Crippen LogP contribution is -1.93. The van der Waals surface area contributed by atoms with E-state index >= 15 is 0 Å². The molecule has 2 aromatic rings. The fourth-order valence-electron chi connectivity index (χ4n) is 1.53. The van der Waals surface area contributed by atoms with Crippen molar-refractivity contribution in [3.05, 3.63) is 29.3 Å². The highest BCUT2D eigenvalue weighted by molar-refractivity contribution is 7.17. The molecule has 0 bridgehead atoms. The molecule has 6 nitrogen and oxygen atoms in total. The molecule has 1 aromatic carbocycles. The Hall–Kier alpha value is -2.28. The number of carboxylic acid groups (broad SMARTS) is 1. The van der Waals surface area contributed by atoms with Crippen LogP contribution in [0.3, 0.4) is 0 Å². The van der Waals surface area contributed by atoms with Gasteiger partial charge in [-0.2, -0.15) is 0 Å². The van der Waals surface area contributed by atoms with E-state index in [1.807, 2.05) is 6.07 Å². The Morgan fingerprint density at radius 2 is 2.22 bits per heavy atom. The largest absolute Gasteiger partial charge is 0.477 e. The average Bonchev–Trinajstić information content (AvgIpc) is 2.96. The number of aromatic carboxylic acids is 1. The molecule has 92 valence electrons. The highest BCUT2D eigenvalue weighted by Gasteiger charge is 2.14. The van der Waals surface area contributed by atoms with Crippen LogP contribution in [0.5, 0.6) is 11.5 Å². The van der Waals surface area contributed by atoms with Crippen LogP contribution < -0.4 is 14.8 Å². The van der Waals surface area contributed by atoms with E-state index in [4.69, 9.17) is 14.6 Å². The Morgan fingerprint density at radius 1 is 1.39 bits per heavy atom. The van der Waals surface area contributed by atoms with Crippen molar-refractivity contribution in [2.24, 2.45) is 0 Å². The summed E-state index contributed by atoms with van der Waals surface area (Å²) in [5.74, 6) is 0.382. The number of benzene rings is 1. The Morgan fingerprint density at radius 3 is 3.00 bits per heavy atom. The summed E-state index contributed by atoms with van der Waals surface area (Å²) in [5.41, 5.74) is 0.769. The Balaban J connectivity index is 1.81. The summed E-state index contributed by atoms with van der Waals surface area (Å²) in [6.45, 7) is 0.221. The molecule has 0 aliphatic carbocycles. The zero-order valence-corrected chi connectivity index (χ0v) is 9.86. The number of aromatic nitrogens is 1. The molecule has 18 heavy (non-hydrogen) atoms. The molecule has 0 fully saturated rings. The highest BCUT2D eigenvalue weighted by atomic mass is 32.1. The van der Waals surface area contributed by atoms with Gasteiger partial charge in [0.1, 0.15) is 4.88 Å². The van der Waals surface area contributed by atoms with Crippen molar-refractivity contribution in [1.82, 2.24) is 4.98 Å². The number of rotatable bonds is 3. The number of anilines is 2. The lowest BCUT2D eigenvalue weighted by Gasteiger charge is -2.03. The third-order valence-electron chi connectivity index (χ3n) is 2.34. The van der Waals surface area contributed by atoms with Gasteiger partial charge >= 0.3 is 5.97 Å². The smallest absolute Gasteiger partial charge is 0.347 e. The van der Waals surface area contributed by atoms with Crippen LogP contribution in [0.4, 0.5) is 10.8 Å². The first kappa shape index (κ1) is 10.8. The standard InChI is InChI=1S/C11H8N2O4S/c14-10(15)9-4-12-11(18-9)13-6-1-2-7-8(3-6)17-5-16-7/h1-4H,5H2,(H,12,13)(H,14,15). The summed E-state index contributed by atoms with van der Waals surface area (Å²) >= 11 is 1.08. The molecule has 1 aliphatic rings. The minimum Gasteiger partial charge on any atom is -0.477 e. The second-order valence-electron chi connectivity index (χ2n) is 3.53. The third-order valence-corrected chi connectivity index (χ3v) is 3.24. The normalized spacial score (nSPS) is 12.4. The van der Waals surface area contributed by atoms with Gasteiger partial charge in [0.2, 0.25) is 6.79 Å². The molecule has 0 spiro atoms. The number of carbonyl (C=O) groups is 1. The van der Waals surface area contributed by atoms with Gasteiger partial charge in [-0.1, -0.05) is 11.3 Å². The first-order chi connectivity index (χ1) is 8.72. The number of nitrogens with one attached hydrogen (secondary N) is 1. The molecule has 2 N–H and O–H groups in total. The first-order valence-corrected chi connectivity index (χ1v) is 5.90. The predicted octanol–water partition coefficient (Wildman–Crippen LogP) is 2.31. The lowest BCUT2D eigenvalue weighted by atomic mass is 10.3. The number of fused-ring (bicyclic) bond motifs is 1. The minimum atomic E-state index is -0.980. The molecule has 0 radical (unpaired) electrons. The number of carboxylic acids is 1. The summed E-state index contributed by atoms with van der Waals surface area (Å²) in [7, 11) is 0. The number of ether oxygens (including phenoxy) is 2. The summed E-state index contributed by atoms with van der Waals surface area (Å²) < 4.78 is 10.4. The molecule has 7 heteroatoms. The molecule has 0 saturated carbocycles. The number of nitrogens with zero attached hydrogens (tertiary/aromatic N) is 1. The molecular weight excluding hydrogens is 256 g/mol. The Kier molecular flexibility index (Phi) is 2.52. The van der Waals surface area contributed by atoms with E-state index in [0.29, 0.717) is 16.6 Å². The average molecular weight is 264 g/mol. The van der Waals surface area contributed by atoms with Crippen LogP contribution in [0, 0.1) is 0 Å². The zero-order chi connectivity index (χ0) is 12.5. The van der Waals surface area contributed by atoms with E-state index in [1.54, 1.807) is 12.1 Å². The first-order valence-electron chi connectivity index (χ1n) is 5.08. The van der Waals surface area contributed by atoms with Crippen molar-refractivity contribution >= 4 is 28.1 Å². The van der Waals surface area contributed by atoms with Crippen molar-refractivity contribution in [3.63, 3.8) is 0 Å².